The SMILES string of the molecule is CC(C)(C)OC(=O)NCCCOc1cc2c(cc1[N+](=O)[O-])C=NC2. The van der Waals surface area contributed by atoms with Gasteiger partial charge in [-0.15, -0.1) is 0 Å². The van der Waals surface area contributed by atoms with E-state index in [0.717, 1.165) is 11.1 Å². The monoisotopic (exact) mass is 335 g/mol. The second-order valence-electron chi connectivity index (χ2n) is 6.38. The molecule has 0 aromatic heterocycles. The van der Waals surface area contributed by atoms with Crippen molar-refractivity contribution in [1.82, 2.24) is 5.32 Å². The summed E-state index contributed by atoms with van der Waals surface area (Å²) in [6.07, 6.45) is 1.63. The maximum absolute atomic E-state index is 11.5. The second-order valence-corrected chi connectivity index (χ2v) is 6.38. The number of amides is 1. The first-order valence-electron chi connectivity index (χ1n) is 7.67. The Balaban J connectivity index is 1.83. The van der Waals surface area contributed by atoms with E-state index in [2.05, 4.69) is 10.3 Å². The van der Waals surface area contributed by atoms with E-state index >= 15 is 0 Å². The summed E-state index contributed by atoms with van der Waals surface area (Å²) in [5.74, 6) is 0.224. The van der Waals surface area contributed by atoms with Gasteiger partial charge in [0.2, 0.25) is 0 Å². The number of aliphatic imine (C=N–C) groups is 1. The number of ether oxygens (including phenoxy) is 2. The molecule has 0 saturated heterocycles. The van der Waals surface area contributed by atoms with Crippen molar-refractivity contribution >= 4 is 18.0 Å². The highest BCUT2D eigenvalue weighted by molar-refractivity contribution is 5.86. The highest BCUT2D eigenvalue weighted by atomic mass is 16.6. The van der Waals surface area contributed by atoms with Gasteiger partial charge in [-0.25, -0.2) is 4.79 Å². The fourth-order valence-corrected chi connectivity index (χ4v) is 2.14. The fourth-order valence-electron chi connectivity index (χ4n) is 2.14. The summed E-state index contributed by atoms with van der Waals surface area (Å²) in [5.41, 5.74) is 1.03. The Kier molecular flexibility index (Phi) is 5.38. The fraction of sp³-hybridized carbons (Fsp3) is 0.500. The van der Waals surface area contributed by atoms with Crippen LogP contribution in [-0.2, 0) is 11.3 Å². The molecule has 0 radical (unpaired) electrons. The third-order valence-electron chi connectivity index (χ3n) is 3.16. The van der Waals surface area contributed by atoms with Crippen LogP contribution in [0.3, 0.4) is 0 Å². The summed E-state index contributed by atoms with van der Waals surface area (Å²) >= 11 is 0. The molecule has 1 aromatic carbocycles. The van der Waals surface area contributed by atoms with Crippen molar-refractivity contribution in [2.45, 2.75) is 39.3 Å². The number of carbonyl (C=O) groups excluding carboxylic acids is 1. The van der Waals surface area contributed by atoms with Crippen molar-refractivity contribution in [3.05, 3.63) is 33.4 Å². The Morgan fingerprint density at radius 3 is 2.83 bits per heavy atom. The minimum absolute atomic E-state index is 0.0813. The number of benzene rings is 1. The summed E-state index contributed by atoms with van der Waals surface area (Å²) in [6.45, 7) is 6.46. The zero-order chi connectivity index (χ0) is 17.7. The molecule has 0 bridgehead atoms. The van der Waals surface area contributed by atoms with Gasteiger partial charge >= 0.3 is 11.8 Å². The smallest absolute Gasteiger partial charge is 0.407 e. The van der Waals surface area contributed by atoms with Crippen LogP contribution in [0.15, 0.2) is 17.1 Å². The number of nitrogens with zero attached hydrogens (tertiary/aromatic N) is 2. The van der Waals surface area contributed by atoms with Crippen LogP contribution in [0.4, 0.5) is 10.5 Å². The molecule has 8 heteroatoms. The number of fused-ring (bicyclic) bond motifs is 1. The summed E-state index contributed by atoms with van der Waals surface area (Å²) in [4.78, 5) is 26.2. The van der Waals surface area contributed by atoms with Crippen molar-refractivity contribution in [1.29, 1.82) is 0 Å². The van der Waals surface area contributed by atoms with Gasteiger partial charge in [0.25, 0.3) is 0 Å². The van der Waals surface area contributed by atoms with E-state index in [1.54, 1.807) is 33.1 Å². The maximum Gasteiger partial charge on any atom is 0.407 e. The van der Waals surface area contributed by atoms with E-state index < -0.39 is 16.6 Å². The Hall–Kier alpha value is -2.64. The molecule has 1 aromatic rings. The van der Waals surface area contributed by atoms with Gasteiger partial charge in [0, 0.05) is 24.4 Å². The lowest BCUT2D eigenvalue weighted by Gasteiger charge is -2.19. The van der Waals surface area contributed by atoms with Crippen LogP contribution in [0.2, 0.25) is 0 Å². The zero-order valence-corrected chi connectivity index (χ0v) is 14.0. The summed E-state index contributed by atoms with van der Waals surface area (Å²) in [5, 5.41) is 13.7. The number of rotatable bonds is 6. The van der Waals surface area contributed by atoms with Gasteiger partial charge in [0.15, 0.2) is 5.75 Å². The van der Waals surface area contributed by atoms with E-state index in [0.29, 0.717) is 19.5 Å². The van der Waals surface area contributed by atoms with E-state index in [1.807, 2.05) is 0 Å². The second kappa shape index (κ2) is 7.29. The summed E-state index contributed by atoms with van der Waals surface area (Å²) in [7, 11) is 0. The third kappa shape index (κ3) is 4.94. The molecule has 8 nitrogen and oxygen atoms in total. The van der Waals surface area contributed by atoms with Crippen molar-refractivity contribution < 1.29 is 19.2 Å². The molecule has 0 spiro atoms. The summed E-state index contributed by atoms with van der Waals surface area (Å²) in [6, 6.07) is 3.13. The van der Waals surface area contributed by atoms with Crippen molar-refractivity contribution in [3.8, 4) is 5.75 Å². The van der Waals surface area contributed by atoms with Crippen molar-refractivity contribution in [3.63, 3.8) is 0 Å². The van der Waals surface area contributed by atoms with Crippen LogP contribution >= 0.6 is 0 Å². The average Bonchev–Trinajstić information content (AvgIpc) is 2.91. The number of carbonyl (C=O) groups is 1. The lowest BCUT2D eigenvalue weighted by atomic mass is 10.1. The van der Waals surface area contributed by atoms with Crippen LogP contribution in [0.25, 0.3) is 0 Å². The lowest BCUT2D eigenvalue weighted by molar-refractivity contribution is -0.385. The number of nitro benzene ring substituents is 1. The number of nitrogens with one attached hydrogen (secondary N) is 1. The van der Waals surface area contributed by atoms with Gasteiger partial charge in [-0.1, -0.05) is 0 Å². The molecular formula is C16H21N3O5. The number of alkyl carbamates (subject to hydrolysis) is 1. The molecule has 1 N–H and O–H groups in total. The Morgan fingerprint density at radius 2 is 2.17 bits per heavy atom. The molecule has 1 aliphatic heterocycles. The first-order valence-corrected chi connectivity index (χ1v) is 7.67. The predicted octanol–water partition coefficient (Wildman–Crippen LogP) is 2.82. The quantitative estimate of drug-likeness (QED) is 0.489. The van der Waals surface area contributed by atoms with Gasteiger partial charge in [-0.2, -0.15) is 0 Å². The molecule has 0 unspecified atom stereocenters. The highest BCUT2D eigenvalue weighted by Gasteiger charge is 2.20. The lowest BCUT2D eigenvalue weighted by Crippen LogP contribution is -2.33. The van der Waals surface area contributed by atoms with Gasteiger partial charge in [0.1, 0.15) is 5.60 Å². The molecule has 130 valence electrons. The van der Waals surface area contributed by atoms with E-state index in [1.165, 1.54) is 6.07 Å². The molecule has 1 aliphatic rings. The van der Waals surface area contributed by atoms with Gasteiger partial charge in [0.05, 0.1) is 18.1 Å². The van der Waals surface area contributed by atoms with Gasteiger partial charge < -0.3 is 14.8 Å². The molecule has 24 heavy (non-hydrogen) atoms. The minimum Gasteiger partial charge on any atom is -0.487 e. The summed E-state index contributed by atoms with van der Waals surface area (Å²) < 4.78 is 10.6. The Labute approximate surface area is 140 Å². The number of nitro groups is 1. The molecular weight excluding hydrogens is 314 g/mol. The topological polar surface area (TPSA) is 103 Å². The van der Waals surface area contributed by atoms with E-state index in [4.69, 9.17) is 9.47 Å². The first-order chi connectivity index (χ1) is 11.3. The van der Waals surface area contributed by atoms with Crippen LogP contribution < -0.4 is 10.1 Å². The molecule has 1 amide bonds. The van der Waals surface area contributed by atoms with Gasteiger partial charge in [-0.05, 0) is 38.8 Å². The predicted molar refractivity (Wildman–Crippen MR) is 88.7 cm³/mol. The van der Waals surface area contributed by atoms with Crippen LogP contribution in [-0.4, -0.2) is 36.0 Å². The highest BCUT2D eigenvalue weighted by Crippen LogP contribution is 2.32. The third-order valence-corrected chi connectivity index (χ3v) is 3.16. The molecule has 0 atom stereocenters. The van der Waals surface area contributed by atoms with Crippen molar-refractivity contribution in [2.24, 2.45) is 4.99 Å². The Bertz CT molecular complexity index is 664. The molecule has 1 heterocycles. The minimum atomic E-state index is -0.548. The number of hydrogen-bond acceptors (Lipinski definition) is 6. The van der Waals surface area contributed by atoms with Gasteiger partial charge in [-0.3, -0.25) is 15.1 Å². The normalized spacial score (nSPS) is 12.6. The molecule has 2 rings (SSSR count). The van der Waals surface area contributed by atoms with Crippen LogP contribution in [0, 0.1) is 10.1 Å². The van der Waals surface area contributed by atoms with E-state index in [9.17, 15) is 14.9 Å². The molecule has 0 fully saturated rings. The van der Waals surface area contributed by atoms with Crippen LogP contribution in [0.5, 0.6) is 5.75 Å². The Morgan fingerprint density at radius 1 is 1.42 bits per heavy atom. The molecule has 0 aliphatic carbocycles. The van der Waals surface area contributed by atoms with Crippen LogP contribution in [0.1, 0.15) is 38.3 Å². The van der Waals surface area contributed by atoms with Crippen molar-refractivity contribution in [2.75, 3.05) is 13.2 Å². The molecule has 0 saturated carbocycles. The number of hydrogen-bond donors (Lipinski definition) is 1. The van der Waals surface area contributed by atoms with E-state index in [-0.39, 0.29) is 18.0 Å². The standard InChI is InChI=1S/C16H21N3O5/c1-16(2,3)24-15(20)18-5-4-6-23-14-8-12-10-17-9-11(12)7-13(14)19(21)22/h7-9H,4-6,10H2,1-3H3,(H,18,20). The maximum atomic E-state index is 11.5. The average molecular weight is 335 g/mol. The first kappa shape index (κ1) is 17.7. The zero-order valence-electron chi connectivity index (χ0n) is 14.0. The largest absolute Gasteiger partial charge is 0.487 e.